The molecule has 1 aliphatic heterocycles. The van der Waals surface area contributed by atoms with Gasteiger partial charge in [0.15, 0.2) is 5.96 Å². The summed E-state index contributed by atoms with van der Waals surface area (Å²) >= 11 is 0. The Morgan fingerprint density at radius 1 is 1.03 bits per heavy atom. The monoisotopic (exact) mass is 518 g/mol. The van der Waals surface area contributed by atoms with Crippen LogP contribution in [0.4, 0.5) is 0 Å². The number of pyridine rings is 1. The Morgan fingerprint density at radius 2 is 1.80 bits per heavy atom. The van der Waals surface area contributed by atoms with E-state index < -0.39 is 0 Å². The predicted molar refractivity (Wildman–Crippen MR) is 134 cm³/mol. The van der Waals surface area contributed by atoms with Gasteiger partial charge in [-0.25, -0.2) is 4.98 Å². The van der Waals surface area contributed by atoms with Crippen LogP contribution in [-0.4, -0.2) is 64.4 Å². The number of aromatic nitrogens is 2. The summed E-state index contributed by atoms with van der Waals surface area (Å²) in [6, 6.07) is 16.8. The number of guanidine groups is 1. The number of fused-ring (bicyclic) bond motifs is 1. The molecule has 4 rings (SSSR count). The van der Waals surface area contributed by atoms with Gasteiger partial charge in [-0.15, -0.1) is 24.0 Å². The maximum absolute atomic E-state index is 4.88. The number of nitrogens with zero attached hydrogens (tertiary/aromatic N) is 5. The first-order valence-corrected chi connectivity index (χ1v) is 10.5. The second-order valence-electron chi connectivity index (χ2n) is 7.43. The molecular weight excluding hydrogens is 487 g/mol. The molecule has 160 valence electrons. The van der Waals surface area contributed by atoms with E-state index in [0.717, 1.165) is 69.5 Å². The van der Waals surface area contributed by atoms with E-state index in [4.69, 9.17) is 4.99 Å². The second-order valence-corrected chi connectivity index (χ2v) is 7.43. The summed E-state index contributed by atoms with van der Waals surface area (Å²) in [6.07, 6.45) is 4.98. The average molecular weight is 518 g/mol. The first-order chi connectivity index (χ1) is 14.3. The third-order valence-electron chi connectivity index (χ3n) is 5.30. The summed E-state index contributed by atoms with van der Waals surface area (Å²) in [4.78, 5) is 14.4. The van der Waals surface area contributed by atoms with Crippen molar-refractivity contribution >= 4 is 35.6 Å². The minimum Gasteiger partial charge on any atom is -0.357 e. The van der Waals surface area contributed by atoms with Gasteiger partial charge in [0.2, 0.25) is 0 Å². The van der Waals surface area contributed by atoms with E-state index in [0.29, 0.717) is 0 Å². The number of benzene rings is 1. The zero-order valence-corrected chi connectivity index (χ0v) is 19.9. The van der Waals surface area contributed by atoms with Crippen LogP contribution in [0.3, 0.4) is 0 Å². The fourth-order valence-corrected chi connectivity index (χ4v) is 3.77. The molecule has 2 aromatic heterocycles. The molecule has 30 heavy (non-hydrogen) atoms. The van der Waals surface area contributed by atoms with E-state index in [1.165, 1.54) is 5.56 Å². The van der Waals surface area contributed by atoms with E-state index in [2.05, 4.69) is 68.0 Å². The summed E-state index contributed by atoms with van der Waals surface area (Å²) < 4.78 is 2.07. The molecule has 0 amide bonds. The maximum atomic E-state index is 4.88. The van der Waals surface area contributed by atoms with Crippen LogP contribution in [0.5, 0.6) is 0 Å². The lowest BCUT2D eigenvalue weighted by atomic mass is 10.2. The van der Waals surface area contributed by atoms with Crippen LogP contribution in [0.25, 0.3) is 5.65 Å². The first kappa shape index (κ1) is 22.6. The van der Waals surface area contributed by atoms with E-state index in [1.807, 2.05) is 24.4 Å². The van der Waals surface area contributed by atoms with Crippen LogP contribution >= 0.6 is 24.0 Å². The van der Waals surface area contributed by atoms with Gasteiger partial charge in [0.1, 0.15) is 5.65 Å². The summed E-state index contributed by atoms with van der Waals surface area (Å²) in [5.74, 6) is 1.02. The molecule has 0 bridgehead atoms. The molecule has 0 aliphatic carbocycles. The van der Waals surface area contributed by atoms with Gasteiger partial charge in [0, 0.05) is 64.6 Å². The molecule has 1 N–H and O–H groups in total. The number of piperazine rings is 1. The highest BCUT2D eigenvalue weighted by atomic mass is 127. The van der Waals surface area contributed by atoms with Gasteiger partial charge in [-0.3, -0.25) is 9.89 Å². The Kier molecular flexibility index (Phi) is 8.50. The van der Waals surface area contributed by atoms with Crippen molar-refractivity contribution in [2.24, 2.45) is 4.99 Å². The Balaban J connectivity index is 0.00000256. The van der Waals surface area contributed by atoms with Crippen LogP contribution in [-0.2, 0) is 13.0 Å². The summed E-state index contributed by atoms with van der Waals surface area (Å²) in [7, 11) is 0. The fraction of sp³-hybridized carbons (Fsp3) is 0.391. The molecule has 1 aromatic carbocycles. The van der Waals surface area contributed by atoms with Crippen molar-refractivity contribution in [2.75, 3.05) is 39.3 Å². The lowest BCUT2D eigenvalue weighted by Crippen LogP contribution is -2.52. The first-order valence-electron chi connectivity index (χ1n) is 10.5. The van der Waals surface area contributed by atoms with Gasteiger partial charge in [0.25, 0.3) is 0 Å². The molecule has 7 heteroatoms. The molecule has 0 saturated carbocycles. The van der Waals surface area contributed by atoms with Crippen LogP contribution in [0.1, 0.15) is 18.2 Å². The van der Waals surface area contributed by atoms with Crippen molar-refractivity contribution in [3.8, 4) is 0 Å². The van der Waals surface area contributed by atoms with E-state index in [1.54, 1.807) is 0 Å². The van der Waals surface area contributed by atoms with Crippen LogP contribution in [0.2, 0.25) is 0 Å². The molecule has 0 unspecified atom stereocenters. The Bertz CT molecular complexity index is 898. The quantitative estimate of drug-likeness (QED) is 0.309. The largest absolute Gasteiger partial charge is 0.357 e. The van der Waals surface area contributed by atoms with Gasteiger partial charge in [-0.1, -0.05) is 36.4 Å². The van der Waals surface area contributed by atoms with Crippen LogP contribution < -0.4 is 5.32 Å². The molecule has 1 fully saturated rings. The maximum Gasteiger partial charge on any atom is 0.194 e. The number of rotatable bonds is 6. The van der Waals surface area contributed by atoms with E-state index in [-0.39, 0.29) is 24.0 Å². The molecule has 0 radical (unpaired) electrons. The molecule has 1 aliphatic rings. The topological polar surface area (TPSA) is 48.2 Å². The van der Waals surface area contributed by atoms with Gasteiger partial charge in [-0.05, 0) is 24.6 Å². The Hall–Kier alpha value is -2.13. The zero-order chi connectivity index (χ0) is 19.9. The number of hydrogen-bond donors (Lipinski definition) is 1. The van der Waals surface area contributed by atoms with Crippen molar-refractivity contribution in [3.05, 3.63) is 72.2 Å². The molecule has 3 heterocycles. The third kappa shape index (κ3) is 5.95. The van der Waals surface area contributed by atoms with Gasteiger partial charge >= 0.3 is 0 Å². The summed E-state index contributed by atoms with van der Waals surface area (Å²) in [6.45, 7) is 8.92. The minimum absolute atomic E-state index is 0. The highest BCUT2D eigenvalue weighted by Gasteiger charge is 2.19. The van der Waals surface area contributed by atoms with Gasteiger partial charge in [-0.2, -0.15) is 0 Å². The molecule has 0 spiro atoms. The SMILES string of the molecule is CCNC(=NCCc1cn2ccccc2n1)N1CCN(Cc2ccccc2)CC1.I. The van der Waals surface area contributed by atoms with Gasteiger partial charge < -0.3 is 14.6 Å². The van der Waals surface area contributed by atoms with Crippen LogP contribution in [0, 0.1) is 0 Å². The minimum atomic E-state index is 0. The zero-order valence-electron chi connectivity index (χ0n) is 17.6. The average Bonchev–Trinajstić information content (AvgIpc) is 3.17. The third-order valence-corrected chi connectivity index (χ3v) is 5.30. The molecule has 6 nitrogen and oxygen atoms in total. The number of hydrogen-bond acceptors (Lipinski definition) is 3. The van der Waals surface area contributed by atoms with Crippen molar-refractivity contribution in [1.82, 2.24) is 24.5 Å². The van der Waals surface area contributed by atoms with Crippen molar-refractivity contribution in [1.29, 1.82) is 0 Å². The standard InChI is InChI=1S/C23H30N6.HI/c1-2-24-23(25-12-11-21-19-29-13-7-6-10-22(29)26-21)28-16-14-27(15-17-28)18-20-8-4-3-5-9-20;/h3-10,13,19H,2,11-12,14-18H2,1H3,(H,24,25);1H. The van der Waals surface area contributed by atoms with Crippen molar-refractivity contribution in [3.63, 3.8) is 0 Å². The van der Waals surface area contributed by atoms with Gasteiger partial charge in [0.05, 0.1) is 5.69 Å². The lowest BCUT2D eigenvalue weighted by molar-refractivity contribution is 0.172. The normalized spacial score (nSPS) is 15.2. The van der Waals surface area contributed by atoms with E-state index >= 15 is 0 Å². The Morgan fingerprint density at radius 3 is 2.53 bits per heavy atom. The number of nitrogens with one attached hydrogen (secondary N) is 1. The predicted octanol–water partition coefficient (Wildman–Crippen LogP) is 3.28. The van der Waals surface area contributed by atoms with Crippen LogP contribution in [0.15, 0.2) is 65.9 Å². The van der Waals surface area contributed by atoms with E-state index in [9.17, 15) is 0 Å². The Labute approximate surface area is 196 Å². The summed E-state index contributed by atoms with van der Waals surface area (Å²) in [5, 5.41) is 3.46. The van der Waals surface area contributed by atoms with Crippen molar-refractivity contribution in [2.45, 2.75) is 19.9 Å². The number of halogens is 1. The number of aliphatic imine (C=N–C) groups is 1. The lowest BCUT2D eigenvalue weighted by Gasteiger charge is -2.36. The smallest absolute Gasteiger partial charge is 0.194 e. The highest BCUT2D eigenvalue weighted by Crippen LogP contribution is 2.09. The summed E-state index contributed by atoms with van der Waals surface area (Å²) in [5.41, 5.74) is 3.46. The molecule has 1 saturated heterocycles. The second kappa shape index (κ2) is 11.3. The van der Waals surface area contributed by atoms with Crippen molar-refractivity contribution < 1.29 is 0 Å². The number of imidazole rings is 1. The molecular formula is C23H31IN6. The molecule has 0 atom stereocenters. The fourth-order valence-electron chi connectivity index (χ4n) is 3.77. The molecule has 3 aromatic rings. The highest BCUT2D eigenvalue weighted by molar-refractivity contribution is 14.0.